The molecule has 0 bridgehead atoms. The van der Waals surface area contributed by atoms with Gasteiger partial charge in [-0.25, -0.2) is 14.1 Å². The molecule has 3 aromatic carbocycles. The summed E-state index contributed by atoms with van der Waals surface area (Å²) in [4.78, 5) is 49.2. The Morgan fingerprint density at radius 3 is 2.56 bits per heavy atom. The lowest BCUT2D eigenvalue weighted by atomic mass is 10.0. The summed E-state index contributed by atoms with van der Waals surface area (Å²) in [6.07, 6.45) is 1.70. The standard InChI is InChI=1S/C25H17FIN3O6/c1-36-22-12-15(11-21(27)19(22)9-14-4-2-5-16(26)8-14)10-20-23(31)28-25(33)29(24(20)32)17-6-3-7-18(13-17)30(34)35/h2-8,10-13H,9H2,1H3,(H,28,31,33)/b20-10+. The van der Waals surface area contributed by atoms with Gasteiger partial charge in [0.2, 0.25) is 0 Å². The Labute approximate surface area is 217 Å². The molecule has 0 radical (unpaired) electrons. The highest BCUT2D eigenvalue weighted by molar-refractivity contribution is 14.1. The number of urea groups is 1. The SMILES string of the molecule is COc1cc(/C=C2\C(=O)NC(=O)N(c3cccc([N+](=O)[O-])c3)C2=O)cc(I)c1Cc1cccc(F)c1. The number of nitrogens with zero attached hydrogens (tertiary/aromatic N) is 2. The number of imide groups is 2. The lowest BCUT2D eigenvalue weighted by molar-refractivity contribution is -0.384. The molecule has 4 amide bonds. The van der Waals surface area contributed by atoms with Crippen molar-refractivity contribution in [1.82, 2.24) is 5.32 Å². The van der Waals surface area contributed by atoms with Crippen LogP contribution in [0.2, 0.25) is 0 Å². The summed E-state index contributed by atoms with van der Waals surface area (Å²) in [6, 6.07) is 13.5. The molecule has 0 saturated carbocycles. The van der Waals surface area contributed by atoms with Gasteiger partial charge in [-0.15, -0.1) is 0 Å². The predicted octanol–water partition coefficient (Wildman–Crippen LogP) is 4.60. The number of barbiturate groups is 1. The van der Waals surface area contributed by atoms with E-state index in [4.69, 9.17) is 4.74 Å². The molecule has 0 aromatic heterocycles. The molecule has 1 heterocycles. The Kier molecular flexibility index (Phi) is 7.10. The number of halogens is 2. The highest BCUT2D eigenvalue weighted by Gasteiger charge is 2.37. The summed E-state index contributed by atoms with van der Waals surface area (Å²) in [5.74, 6) is -1.72. The van der Waals surface area contributed by atoms with Crippen LogP contribution in [0.4, 0.5) is 20.6 Å². The minimum Gasteiger partial charge on any atom is -0.496 e. The molecule has 0 atom stereocenters. The van der Waals surface area contributed by atoms with E-state index >= 15 is 0 Å². The van der Waals surface area contributed by atoms with Gasteiger partial charge in [-0.1, -0.05) is 18.2 Å². The smallest absolute Gasteiger partial charge is 0.335 e. The maximum atomic E-state index is 13.6. The number of amides is 4. The van der Waals surface area contributed by atoms with Crippen LogP contribution in [0.25, 0.3) is 6.08 Å². The van der Waals surface area contributed by atoms with E-state index in [9.17, 15) is 28.9 Å². The second-order valence-electron chi connectivity index (χ2n) is 7.73. The van der Waals surface area contributed by atoms with E-state index < -0.39 is 22.8 Å². The van der Waals surface area contributed by atoms with Crippen molar-refractivity contribution in [3.63, 3.8) is 0 Å². The van der Waals surface area contributed by atoms with Gasteiger partial charge in [-0.05, 0) is 70.1 Å². The van der Waals surface area contributed by atoms with Crippen LogP contribution in [0.5, 0.6) is 5.75 Å². The number of anilines is 1. The van der Waals surface area contributed by atoms with Gasteiger partial charge in [0.1, 0.15) is 17.1 Å². The van der Waals surface area contributed by atoms with Gasteiger partial charge in [-0.3, -0.25) is 25.0 Å². The third-order valence-corrected chi connectivity index (χ3v) is 6.34. The number of non-ortho nitro benzene ring substituents is 1. The van der Waals surface area contributed by atoms with E-state index in [2.05, 4.69) is 27.9 Å². The van der Waals surface area contributed by atoms with Crippen LogP contribution in [0.1, 0.15) is 16.7 Å². The van der Waals surface area contributed by atoms with Crippen molar-refractivity contribution < 1.29 is 28.4 Å². The first-order chi connectivity index (χ1) is 17.2. The van der Waals surface area contributed by atoms with Crippen molar-refractivity contribution in [1.29, 1.82) is 0 Å². The first-order valence-corrected chi connectivity index (χ1v) is 11.5. The molecule has 4 rings (SSSR count). The van der Waals surface area contributed by atoms with E-state index in [0.717, 1.165) is 20.8 Å². The highest BCUT2D eigenvalue weighted by atomic mass is 127. The van der Waals surface area contributed by atoms with Crippen molar-refractivity contribution >= 4 is 57.9 Å². The van der Waals surface area contributed by atoms with Gasteiger partial charge in [0.25, 0.3) is 17.5 Å². The highest BCUT2D eigenvalue weighted by Crippen LogP contribution is 2.31. The van der Waals surface area contributed by atoms with E-state index in [1.807, 2.05) is 0 Å². The molecule has 3 aromatic rings. The maximum Gasteiger partial charge on any atom is 0.335 e. The Morgan fingerprint density at radius 1 is 1.11 bits per heavy atom. The number of nitrogens with one attached hydrogen (secondary N) is 1. The Balaban J connectivity index is 1.71. The van der Waals surface area contributed by atoms with Gasteiger partial charge in [0, 0.05) is 27.7 Å². The molecule has 182 valence electrons. The lowest BCUT2D eigenvalue weighted by Crippen LogP contribution is -2.54. The number of methoxy groups -OCH3 is 1. The second kappa shape index (κ2) is 10.2. The van der Waals surface area contributed by atoms with Crippen LogP contribution in [0.15, 0.2) is 66.2 Å². The van der Waals surface area contributed by atoms with Gasteiger partial charge in [0.05, 0.1) is 17.7 Å². The Bertz CT molecular complexity index is 1460. The number of carbonyl (C=O) groups is 3. The number of hydrogen-bond acceptors (Lipinski definition) is 6. The maximum absolute atomic E-state index is 13.6. The van der Waals surface area contributed by atoms with Gasteiger partial charge in [0.15, 0.2) is 0 Å². The Morgan fingerprint density at radius 2 is 1.86 bits per heavy atom. The predicted molar refractivity (Wildman–Crippen MR) is 137 cm³/mol. The number of carbonyl (C=O) groups excluding carboxylic acids is 3. The van der Waals surface area contributed by atoms with Gasteiger partial charge < -0.3 is 4.74 Å². The zero-order valence-corrected chi connectivity index (χ0v) is 20.8. The van der Waals surface area contributed by atoms with Crippen molar-refractivity contribution in [3.8, 4) is 5.75 Å². The molecule has 1 saturated heterocycles. The molecule has 11 heteroatoms. The first kappa shape index (κ1) is 25.0. The number of nitro benzene ring substituents is 1. The van der Waals surface area contributed by atoms with Crippen LogP contribution in [-0.2, 0) is 16.0 Å². The zero-order valence-electron chi connectivity index (χ0n) is 18.7. The summed E-state index contributed by atoms with van der Waals surface area (Å²) in [5.41, 5.74) is 1.28. The van der Waals surface area contributed by atoms with Crippen molar-refractivity contribution in [3.05, 3.63) is 102 Å². The molecule has 36 heavy (non-hydrogen) atoms. The number of nitro groups is 1. The Hall–Kier alpha value is -4.13. The molecule has 1 aliphatic heterocycles. The van der Waals surface area contributed by atoms with Crippen LogP contribution in [0.3, 0.4) is 0 Å². The van der Waals surface area contributed by atoms with Crippen LogP contribution >= 0.6 is 22.6 Å². The number of benzene rings is 3. The van der Waals surface area contributed by atoms with Gasteiger partial charge in [-0.2, -0.15) is 0 Å². The molecule has 0 spiro atoms. The molecular formula is C25H17FIN3O6. The molecule has 9 nitrogen and oxygen atoms in total. The van der Waals surface area contributed by atoms with E-state index in [-0.39, 0.29) is 22.8 Å². The molecule has 0 unspecified atom stereocenters. The van der Waals surface area contributed by atoms with Crippen molar-refractivity contribution in [2.45, 2.75) is 6.42 Å². The summed E-state index contributed by atoms with van der Waals surface area (Å²) < 4.78 is 19.9. The summed E-state index contributed by atoms with van der Waals surface area (Å²) in [5, 5.41) is 13.2. The van der Waals surface area contributed by atoms with E-state index in [1.54, 1.807) is 24.3 Å². The minimum atomic E-state index is -1.01. The summed E-state index contributed by atoms with van der Waals surface area (Å²) >= 11 is 2.08. The average Bonchev–Trinajstić information content (AvgIpc) is 2.83. The second-order valence-corrected chi connectivity index (χ2v) is 8.89. The fraction of sp³-hybridized carbons (Fsp3) is 0.0800. The zero-order chi connectivity index (χ0) is 26.0. The largest absolute Gasteiger partial charge is 0.496 e. The number of hydrogen-bond donors (Lipinski definition) is 1. The third kappa shape index (κ3) is 5.10. The van der Waals surface area contributed by atoms with E-state index in [1.165, 1.54) is 43.5 Å². The summed E-state index contributed by atoms with van der Waals surface area (Å²) in [7, 11) is 1.47. The molecular weight excluding hydrogens is 584 g/mol. The minimum absolute atomic E-state index is 0.0531. The van der Waals surface area contributed by atoms with E-state index in [0.29, 0.717) is 22.6 Å². The quantitative estimate of drug-likeness (QED) is 0.145. The third-order valence-electron chi connectivity index (χ3n) is 5.38. The first-order valence-electron chi connectivity index (χ1n) is 10.4. The average molecular weight is 601 g/mol. The molecule has 1 fully saturated rings. The molecule has 1 aliphatic rings. The monoisotopic (exact) mass is 601 g/mol. The fourth-order valence-electron chi connectivity index (χ4n) is 3.72. The van der Waals surface area contributed by atoms with Crippen molar-refractivity contribution in [2.75, 3.05) is 12.0 Å². The number of rotatable bonds is 6. The topological polar surface area (TPSA) is 119 Å². The molecule has 0 aliphatic carbocycles. The molecule has 1 N–H and O–H groups in total. The van der Waals surface area contributed by atoms with Crippen LogP contribution in [0, 0.1) is 19.5 Å². The lowest BCUT2D eigenvalue weighted by Gasteiger charge is -2.26. The van der Waals surface area contributed by atoms with Crippen LogP contribution < -0.4 is 15.0 Å². The van der Waals surface area contributed by atoms with Crippen LogP contribution in [-0.4, -0.2) is 29.9 Å². The fourth-order valence-corrected chi connectivity index (χ4v) is 4.54. The van der Waals surface area contributed by atoms with Crippen molar-refractivity contribution in [2.24, 2.45) is 0 Å². The normalized spacial score (nSPS) is 14.7. The van der Waals surface area contributed by atoms with Gasteiger partial charge >= 0.3 is 6.03 Å². The number of ether oxygens (including phenoxy) is 1. The summed E-state index contributed by atoms with van der Waals surface area (Å²) in [6.45, 7) is 0.